The smallest absolute Gasteiger partial charge is 0.243 e. The van der Waals surface area contributed by atoms with E-state index in [1.54, 1.807) is 42.8 Å². The summed E-state index contributed by atoms with van der Waals surface area (Å²) in [5.41, 5.74) is 1.20. The minimum absolute atomic E-state index is 0.169. The molecule has 1 amide bonds. The largest absolute Gasteiger partial charge is 0.379 e. The van der Waals surface area contributed by atoms with Gasteiger partial charge in [-0.15, -0.1) is 10.2 Å². The summed E-state index contributed by atoms with van der Waals surface area (Å²) >= 11 is 1.23. The van der Waals surface area contributed by atoms with Crippen molar-refractivity contribution in [1.29, 1.82) is 0 Å². The second-order valence-electron chi connectivity index (χ2n) is 7.66. The van der Waals surface area contributed by atoms with Crippen LogP contribution in [-0.4, -0.2) is 64.9 Å². The van der Waals surface area contributed by atoms with E-state index in [1.165, 1.54) is 40.3 Å². The van der Waals surface area contributed by atoms with Crippen molar-refractivity contribution in [2.24, 2.45) is 7.05 Å². The average molecular weight is 506 g/mol. The van der Waals surface area contributed by atoms with Crippen molar-refractivity contribution in [1.82, 2.24) is 19.1 Å². The minimum atomic E-state index is -3.59. The fourth-order valence-corrected chi connectivity index (χ4v) is 5.59. The highest BCUT2D eigenvalue weighted by atomic mass is 32.2. The van der Waals surface area contributed by atoms with Gasteiger partial charge in [0.15, 0.2) is 11.0 Å². The third-order valence-electron chi connectivity index (χ3n) is 5.32. The van der Waals surface area contributed by atoms with Gasteiger partial charge in [-0.3, -0.25) is 4.79 Å². The van der Waals surface area contributed by atoms with Crippen LogP contribution in [-0.2, 0) is 26.6 Å². The van der Waals surface area contributed by atoms with Gasteiger partial charge in [0.25, 0.3) is 0 Å². The highest BCUT2D eigenvalue weighted by molar-refractivity contribution is 8.00. The quantitative estimate of drug-likeness (QED) is 0.492. The van der Waals surface area contributed by atoms with E-state index in [2.05, 4.69) is 15.5 Å². The van der Waals surface area contributed by atoms with Crippen molar-refractivity contribution in [3.8, 4) is 11.4 Å². The van der Waals surface area contributed by atoms with Crippen molar-refractivity contribution in [3.63, 3.8) is 0 Å². The molecule has 1 aromatic heterocycles. The lowest BCUT2D eigenvalue weighted by Crippen LogP contribution is -2.40. The van der Waals surface area contributed by atoms with Gasteiger partial charge >= 0.3 is 0 Å². The van der Waals surface area contributed by atoms with Gasteiger partial charge < -0.3 is 14.6 Å². The summed E-state index contributed by atoms with van der Waals surface area (Å²) in [6.07, 6.45) is 0. The lowest BCUT2D eigenvalue weighted by atomic mass is 10.2. The normalized spacial score (nSPS) is 15.7. The SMILES string of the molecule is CC(Sc1nnc(-c2ccc(F)cc2)n1C)C(=O)Nc1ccc(S(=O)(=O)N2CCOCC2)cc1. The van der Waals surface area contributed by atoms with Crippen LogP contribution in [0.3, 0.4) is 0 Å². The highest BCUT2D eigenvalue weighted by Gasteiger charge is 2.26. The average Bonchev–Trinajstić information content (AvgIpc) is 3.20. The number of anilines is 1. The van der Waals surface area contributed by atoms with Gasteiger partial charge in [-0.05, 0) is 55.5 Å². The number of aromatic nitrogens is 3. The molecule has 0 aliphatic carbocycles. The fraction of sp³-hybridized carbons (Fsp3) is 0.318. The second-order valence-corrected chi connectivity index (χ2v) is 10.9. The number of nitrogens with one attached hydrogen (secondary N) is 1. The Kier molecular flexibility index (Phi) is 7.31. The van der Waals surface area contributed by atoms with E-state index in [1.807, 2.05) is 0 Å². The molecule has 2 heterocycles. The minimum Gasteiger partial charge on any atom is -0.379 e. The molecular formula is C22H24FN5O4S2. The summed E-state index contributed by atoms with van der Waals surface area (Å²) in [6.45, 7) is 3.13. The number of rotatable bonds is 7. The monoisotopic (exact) mass is 505 g/mol. The van der Waals surface area contributed by atoms with Gasteiger partial charge in [-0.25, -0.2) is 12.8 Å². The molecule has 0 radical (unpaired) electrons. The molecule has 1 aliphatic rings. The molecule has 34 heavy (non-hydrogen) atoms. The first-order valence-corrected chi connectivity index (χ1v) is 12.9. The molecule has 3 aromatic rings. The number of thioether (sulfide) groups is 1. The number of ether oxygens (including phenoxy) is 1. The molecule has 4 rings (SSSR count). The van der Waals surface area contributed by atoms with E-state index < -0.39 is 15.3 Å². The number of halogens is 1. The number of hydrogen-bond acceptors (Lipinski definition) is 7. The van der Waals surface area contributed by atoms with E-state index in [0.717, 1.165) is 0 Å². The molecule has 2 aromatic carbocycles. The lowest BCUT2D eigenvalue weighted by Gasteiger charge is -2.26. The van der Waals surface area contributed by atoms with E-state index >= 15 is 0 Å². The summed E-state index contributed by atoms with van der Waals surface area (Å²) in [4.78, 5) is 12.9. The summed E-state index contributed by atoms with van der Waals surface area (Å²) in [5.74, 6) is -0.0372. The van der Waals surface area contributed by atoms with Crippen molar-refractivity contribution in [2.45, 2.75) is 22.2 Å². The first-order valence-electron chi connectivity index (χ1n) is 10.6. The maximum atomic E-state index is 13.2. The number of amides is 1. The van der Waals surface area contributed by atoms with Crippen LogP contribution in [0.25, 0.3) is 11.4 Å². The molecule has 180 valence electrons. The summed E-state index contributed by atoms with van der Waals surface area (Å²) in [6, 6.07) is 12.0. The number of nitrogens with zero attached hydrogens (tertiary/aromatic N) is 4. The van der Waals surface area contributed by atoms with Crippen LogP contribution in [0.5, 0.6) is 0 Å². The van der Waals surface area contributed by atoms with Gasteiger partial charge in [0.1, 0.15) is 5.82 Å². The van der Waals surface area contributed by atoms with Crippen molar-refractivity contribution >= 4 is 33.4 Å². The van der Waals surface area contributed by atoms with E-state index in [4.69, 9.17) is 4.74 Å². The van der Waals surface area contributed by atoms with Gasteiger partial charge in [0.05, 0.1) is 23.4 Å². The van der Waals surface area contributed by atoms with E-state index in [9.17, 15) is 17.6 Å². The Morgan fingerprint density at radius 3 is 2.38 bits per heavy atom. The van der Waals surface area contributed by atoms with Crippen LogP contribution in [0, 0.1) is 5.82 Å². The molecule has 1 aliphatic heterocycles. The first-order chi connectivity index (χ1) is 16.3. The van der Waals surface area contributed by atoms with Gasteiger partial charge in [0.2, 0.25) is 15.9 Å². The Morgan fingerprint density at radius 1 is 1.09 bits per heavy atom. The summed E-state index contributed by atoms with van der Waals surface area (Å²) in [7, 11) is -1.82. The van der Waals surface area contributed by atoms with Crippen LogP contribution in [0.15, 0.2) is 58.6 Å². The molecule has 12 heteroatoms. The lowest BCUT2D eigenvalue weighted by molar-refractivity contribution is -0.115. The predicted octanol–water partition coefficient (Wildman–Crippen LogP) is 2.76. The molecule has 1 saturated heterocycles. The number of hydrogen-bond donors (Lipinski definition) is 1. The fourth-order valence-electron chi connectivity index (χ4n) is 3.37. The number of carbonyl (C=O) groups is 1. The van der Waals surface area contributed by atoms with Gasteiger partial charge in [-0.2, -0.15) is 4.31 Å². The standard InChI is InChI=1S/C22H24FN5O4S2/c1-15(33-22-26-25-20(27(22)2)16-3-5-17(23)6-4-16)21(29)24-18-7-9-19(10-8-18)34(30,31)28-11-13-32-14-12-28/h3-10,15H,11-14H2,1-2H3,(H,24,29). The van der Waals surface area contributed by atoms with Crippen molar-refractivity contribution in [2.75, 3.05) is 31.6 Å². The van der Waals surface area contributed by atoms with Crippen molar-refractivity contribution < 1.29 is 22.3 Å². The van der Waals surface area contributed by atoms with Crippen LogP contribution in [0.1, 0.15) is 6.92 Å². The third kappa shape index (κ3) is 5.30. The van der Waals surface area contributed by atoms with Crippen molar-refractivity contribution in [3.05, 3.63) is 54.3 Å². The molecular weight excluding hydrogens is 481 g/mol. The summed E-state index contributed by atoms with van der Waals surface area (Å²) < 4.78 is 47.0. The van der Waals surface area contributed by atoms with E-state index in [0.29, 0.717) is 48.5 Å². The third-order valence-corrected chi connectivity index (χ3v) is 8.37. The predicted molar refractivity (Wildman–Crippen MR) is 126 cm³/mol. The maximum Gasteiger partial charge on any atom is 0.243 e. The highest BCUT2D eigenvalue weighted by Crippen LogP contribution is 2.27. The zero-order valence-electron chi connectivity index (χ0n) is 18.6. The molecule has 0 bridgehead atoms. The van der Waals surface area contributed by atoms with Gasteiger partial charge in [-0.1, -0.05) is 11.8 Å². The molecule has 0 spiro atoms. The molecule has 9 nitrogen and oxygen atoms in total. The molecule has 0 saturated carbocycles. The molecule has 1 fully saturated rings. The summed E-state index contributed by atoms with van der Waals surface area (Å²) in [5, 5.41) is 11.1. The number of benzene rings is 2. The number of morpholine rings is 1. The second kappa shape index (κ2) is 10.2. The molecule has 1 N–H and O–H groups in total. The Morgan fingerprint density at radius 2 is 1.74 bits per heavy atom. The van der Waals surface area contributed by atoms with Crippen LogP contribution >= 0.6 is 11.8 Å². The van der Waals surface area contributed by atoms with E-state index in [-0.39, 0.29) is 16.6 Å². The number of sulfonamides is 1. The molecule has 1 unspecified atom stereocenters. The topological polar surface area (TPSA) is 106 Å². The van der Waals surface area contributed by atoms with Crippen LogP contribution < -0.4 is 5.32 Å². The maximum absolute atomic E-state index is 13.2. The Labute approximate surface area is 201 Å². The Balaban J connectivity index is 1.39. The van der Waals surface area contributed by atoms with Crippen LogP contribution in [0.4, 0.5) is 10.1 Å². The van der Waals surface area contributed by atoms with Crippen LogP contribution in [0.2, 0.25) is 0 Å². The molecule has 1 atom stereocenters. The van der Waals surface area contributed by atoms with Gasteiger partial charge in [0, 0.05) is 31.4 Å². The Hall–Kier alpha value is -2.80. The first kappa shape index (κ1) is 24.3. The number of carbonyl (C=O) groups excluding carboxylic acids is 1. The zero-order chi connectivity index (χ0) is 24.3. The Bertz CT molecular complexity index is 1260. The zero-order valence-corrected chi connectivity index (χ0v) is 20.3.